The molecular formula is C36H39BrFNO3. The van der Waals surface area contributed by atoms with Gasteiger partial charge in [0.15, 0.2) is 0 Å². The van der Waals surface area contributed by atoms with Gasteiger partial charge < -0.3 is 14.2 Å². The molecule has 6 heteroatoms. The van der Waals surface area contributed by atoms with Crippen LogP contribution in [0.1, 0.15) is 28.7 Å². The minimum Gasteiger partial charge on any atom is -0.369 e. The number of rotatable bonds is 14. The average Bonchev–Trinajstić information content (AvgIpc) is 3.04. The number of hydrogen-bond acceptors (Lipinski definition) is 4. The fourth-order valence-corrected chi connectivity index (χ4v) is 6.33. The van der Waals surface area contributed by atoms with Gasteiger partial charge in [0, 0.05) is 17.9 Å². The number of aryl methyl sites for hydroxylation is 1. The maximum atomic E-state index is 13.4. The molecule has 4 aromatic carbocycles. The van der Waals surface area contributed by atoms with E-state index >= 15 is 0 Å². The molecule has 220 valence electrons. The zero-order valence-corrected chi connectivity index (χ0v) is 25.4. The van der Waals surface area contributed by atoms with E-state index in [1.165, 1.54) is 12.1 Å². The smallest absolute Gasteiger partial charge is 0.123 e. The summed E-state index contributed by atoms with van der Waals surface area (Å²) in [4.78, 5) is 2.48. The van der Waals surface area contributed by atoms with Crippen molar-refractivity contribution in [1.29, 1.82) is 0 Å². The predicted molar refractivity (Wildman–Crippen MR) is 169 cm³/mol. The highest BCUT2D eigenvalue weighted by Crippen LogP contribution is 2.30. The van der Waals surface area contributed by atoms with E-state index in [1.54, 1.807) is 0 Å². The third kappa shape index (κ3) is 8.82. The van der Waals surface area contributed by atoms with Crippen LogP contribution in [-0.2, 0) is 40.5 Å². The minimum atomic E-state index is -0.256. The van der Waals surface area contributed by atoms with E-state index in [0.29, 0.717) is 19.8 Å². The number of halogens is 2. The van der Waals surface area contributed by atoms with Gasteiger partial charge in [-0.3, -0.25) is 4.90 Å². The molecule has 5 rings (SSSR count). The molecule has 1 aliphatic heterocycles. The van der Waals surface area contributed by atoms with Crippen LogP contribution >= 0.6 is 15.9 Å². The molecule has 1 saturated heterocycles. The summed E-state index contributed by atoms with van der Waals surface area (Å²) >= 11 is 3.82. The molecule has 4 aromatic rings. The summed E-state index contributed by atoms with van der Waals surface area (Å²) in [6, 6.07) is 37.8. The third-order valence-electron chi connectivity index (χ3n) is 7.81. The van der Waals surface area contributed by atoms with Gasteiger partial charge in [-0.25, -0.2) is 4.39 Å². The van der Waals surface area contributed by atoms with E-state index in [9.17, 15) is 4.39 Å². The fraction of sp³-hybridized carbons (Fsp3) is 0.333. The van der Waals surface area contributed by atoms with E-state index in [-0.39, 0.29) is 30.2 Å². The van der Waals surface area contributed by atoms with Gasteiger partial charge in [-0.2, -0.15) is 0 Å². The van der Waals surface area contributed by atoms with Crippen molar-refractivity contribution in [3.63, 3.8) is 0 Å². The van der Waals surface area contributed by atoms with Crippen molar-refractivity contribution >= 4 is 15.9 Å². The Bertz CT molecular complexity index is 1310. The molecule has 0 aromatic heterocycles. The predicted octanol–water partition coefficient (Wildman–Crippen LogP) is 7.59. The summed E-state index contributed by atoms with van der Waals surface area (Å²) in [7, 11) is 0. The normalized spacial score (nSPS) is 20.9. The number of ether oxygens (including phenoxy) is 3. The van der Waals surface area contributed by atoms with Crippen LogP contribution in [-0.4, -0.2) is 47.7 Å². The van der Waals surface area contributed by atoms with E-state index < -0.39 is 0 Å². The molecule has 0 amide bonds. The summed E-state index contributed by atoms with van der Waals surface area (Å²) in [6.45, 7) is 3.09. The zero-order valence-electron chi connectivity index (χ0n) is 23.9. The first-order valence-electron chi connectivity index (χ1n) is 14.7. The van der Waals surface area contributed by atoms with Crippen LogP contribution in [0, 0.1) is 5.82 Å². The van der Waals surface area contributed by atoms with Crippen LogP contribution in [0.15, 0.2) is 115 Å². The average molecular weight is 633 g/mol. The zero-order chi connectivity index (χ0) is 29.0. The first-order valence-corrected chi connectivity index (χ1v) is 15.8. The molecule has 0 aliphatic carbocycles. The SMILES string of the molecule is Fc1ccc(CCCN2C[C@H](OCc3ccccc3)[C@@H](OCc3ccccc3)[C@H](OCc3ccccc3)[C@H]2CBr)cc1. The van der Waals surface area contributed by atoms with Crippen molar-refractivity contribution < 1.29 is 18.6 Å². The standard InChI is InChI=1S/C36H39BrFNO3/c37-23-33-35(41-26-30-13-6-2-7-14-30)36(42-27-31-15-8-3-9-16-31)34(40-25-29-11-4-1-5-12-29)24-39(33)22-10-17-28-18-20-32(38)21-19-28/h1-9,11-16,18-21,33-36H,10,17,22-27H2/t33-,34+,35-,36-/m1/s1. The van der Waals surface area contributed by atoms with Crippen LogP contribution in [0.5, 0.6) is 0 Å². The lowest BCUT2D eigenvalue weighted by molar-refractivity contribution is -0.199. The van der Waals surface area contributed by atoms with Crippen LogP contribution < -0.4 is 0 Å². The largest absolute Gasteiger partial charge is 0.369 e. The van der Waals surface area contributed by atoms with Gasteiger partial charge in [0.25, 0.3) is 0 Å². The van der Waals surface area contributed by atoms with Gasteiger partial charge in [-0.15, -0.1) is 0 Å². The Labute approximate surface area is 257 Å². The number of hydrogen-bond donors (Lipinski definition) is 0. The van der Waals surface area contributed by atoms with E-state index in [0.717, 1.165) is 53.5 Å². The molecule has 42 heavy (non-hydrogen) atoms. The molecule has 0 N–H and O–H groups in total. The van der Waals surface area contributed by atoms with Gasteiger partial charge in [-0.1, -0.05) is 119 Å². The summed E-state index contributed by atoms with van der Waals surface area (Å²) in [6.07, 6.45) is 1.17. The van der Waals surface area contributed by atoms with Crippen LogP contribution in [0.3, 0.4) is 0 Å². The quantitative estimate of drug-likeness (QED) is 0.134. The number of piperidine rings is 1. The Hall–Kier alpha value is -2.87. The van der Waals surface area contributed by atoms with Crippen LogP contribution in [0.25, 0.3) is 0 Å². The molecule has 1 fully saturated rings. The monoisotopic (exact) mass is 631 g/mol. The van der Waals surface area contributed by atoms with E-state index in [4.69, 9.17) is 14.2 Å². The van der Waals surface area contributed by atoms with Crippen molar-refractivity contribution in [2.75, 3.05) is 18.4 Å². The molecule has 0 bridgehead atoms. The molecule has 4 atom stereocenters. The second kappa shape index (κ2) is 16.1. The van der Waals surface area contributed by atoms with Gasteiger partial charge in [0.2, 0.25) is 0 Å². The Morgan fingerprint density at radius 1 is 0.619 bits per heavy atom. The highest BCUT2D eigenvalue weighted by molar-refractivity contribution is 9.09. The summed E-state index contributed by atoms with van der Waals surface area (Å²) in [5.41, 5.74) is 4.52. The van der Waals surface area contributed by atoms with Crippen molar-refractivity contribution in [2.45, 2.75) is 57.0 Å². The van der Waals surface area contributed by atoms with Gasteiger partial charge in [-0.05, 0) is 53.8 Å². The number of benzene rings is 4. The lowest BCUT2D eigenvalue weighted by atomic mass is 9.93. The fourth-order valence-electron chi connectivity index (χ4n) is 5.56. The number of alkyl halides is 1. The Morgan fingerprint density at radius 2 is 1.12 bits per heavy atom. The van der Waals surface area contributed by atoms with Crippen molar-refractivity contribution in [3.8, 4) is 0 Å². The Balaban J connectivity index is 1.36. The molecule has 0 spiro atoms. The minimum absolute atomic E-state index is 0.0966. The van der Waals surface area contributed by atoms with Crippen molar-refractivity contribution in [1.82, 2.24) is 4.90 Å². The highest BCUT2D eigenvalue weighted by Gasteiger charge is 2.45. The molecule has 4 nitrogen and oxygen atoms in total. The molecule has 0 radical (unpaired) electrons. The second-order valence-electron chi connectivity index (χ2n) is 10.8. The van der Waals surface area contributed by atoms with E-state index in [1.807, 2.05) is 66.7 Å². The lowest BCUT2D eigenvalue weighted by Gasteiger charge is -2.48. The lowest BCUT2D eigenvalue weighted by Crippen LogP contribution is -2.64. The molecule has 0 saturated carbocycles. The van der Waals surface area contributed by atoms with Gasteiger partial charge in [0.05, 0.1) is 25.9 Å². The van der Waals surface area contributed by atoms with Crippen molar-refractivity contribution in [2.24, 2.45) is 0 Å². The molecule has 0 unspecified atom stereocenters. The number of nitrogens with zero attached hydrogens (tertiary/aromatic N) is 1. The maximum Gasteiger partial charge on any atom is 0.123 e. The molecular weight excluding hydrogens is 593 g/mol. The Kier molecular flexibility index (Phi) is 11.7. The summed E-state index contributed by atoms with van der Waals surface area (Å²) in [5, 5.41) is 0.750. The topological polar surface area (TPSA) is 30.9 Å². The first-order chi connectivity index (χ1) is 20.7. The second-order valence-corrected chi connectivity index (χ2v) is 11.5. The van der Waals surface area contributed by atoms with Crippen LogP contribution in [0.2, 0.25) is 0 Å². The van der Waals surface area contributed by atoms with Gasteiger partial charge in [0.1, 0.15) is 18.0 Å². The molecule has 1 aliphatic rings. The summed E-state index contributed by atoms with van der Waals surface area (Å²) in [5.74, 6) is -0.201. The third-order valence-corrected chi connectivity index (χ3v) is 8.48. The molecule has 1 heterocycles. The highest BCUT2D eigenvalue weighted by atomic mass is 79.9. The van der Waals surface area contributed by atoms with Crippen molar-refractivity contribution in [3.05, 3.63) is 143 Å². The van der Waals surface area contributed by atoms with E-state index in [2.05, 4.69) is 57.2 Å². The first kappa shape index (κ1) is 30.6. The summed E-state index contributed by atoms with van der Waals surface area (Å²) < 4.78 is 33.5. The van der Waals surface area contributed by atoms with Crippen LogP contribution in [0.4, 0.5) is 4.39 Å². The maximum absolute atomic E-state index is 13.4. The number of likely N-dealkylation sites (tertiary alicyclic amines) is 1. The Morgan fingerprint density at radius 3 is 1.64 bits per heavy atom. The van der Waals surface area contributed by atoms with Gasteiger partial charge >= 0.3 is 0 Å².